The van der Waals surface area contributed by atoms with E-state index in [9.17, 15) is 4.79 Å². The molecule has 2 heterocycles. The predicted octanol–water partition coefficient (Wildman–Crippen LogP) is 5.95. The molecule has 1 N–H and O–H groups in total. The second-order valence-electron chi connectivity index (χ2n) is 8.67. The van der Waals surface area contributed by atoms with Crippen molar-refractivity contribution in [2.45, 2.75) is 53.1 Å². The van der Waals surface area contributed by atoms with Crippen molar-refractivity contribution in [3.8, 4) is 0 Å². The monoisotopic (exact) mass is 493 g/mol. The van der Waals surface area contributed by atoms with Crippen LogP contribution in [0.15, 0.2) is 35.5 Å². The summed E-state index contributed by atoms with van der Waals surface area (Å²) in [7, 11) is 0. The topological polar surface area (TPSA) is 72.2 Å². The van der Waals surface area contributed by atoms with E-state index in [0.717, 1.165) is 28.9 Å². The lowest BCUT2D eigenvalue weighted by molar-refractivity contribution is -0.113. The summed E-state index contributed by atoms with van der Waals surface area (Å²) in [6, 6.07) is 9.89. The molecule has 8 heteroatoms. The quantitative estimate of drug-likeness (QED) is 0.336. The number of hydrogen-bond donors (Lipinski definition) is 1. The molecule has 0 atom stereocenters. The molecule has 0 aliphatic rings. The predicted molar refractivity (Wildman–Crippen MR) is 139 cm³/mol. The summed E-state index contributed by atoms with van der Waals surface area (Å²) < 4.78 is 1.78. The molecule has 2 aromatic carbocycles. The van der Waals surface area contributed by atoms with Crippen molar-refractivity contribution < 1.29 is 4.79 Å². The molecule has 0 aliphatic carbocycles. The first-order valence-electron chi connectivity index (χ1n) is 11.1. The van der Waals surface area contributed by atoms with Crippen molar-refractivity contribution in [3.05, 3.63) is 80.1 Å². The summed E-state index contributed by atoms with van der Waals surface area (Å²) in [4.78, 5) is 21.7. The molecule has 0 saturated heterocycles. The number of nitrogens with one attached hydrogen (secondary N) is 1. The van der Waals surface area contributed by atoms with Crippen LogP contribution in [0.25, 0.3) is 5.78 Å². The molecule has 6 nitrogen and oxygen atoms in total. The number of carbonyl (C=O) groups is 1. The molecule has 4 aromatic rings. The average Bonchev–Trinajstić information content (AvgIpc) is 3.17. The first kappa shape index (κ1) is 24.2. The van der Waals surface area contributed by atoms with Crippen LogP contribution >= 0.6 is 23.4 Å². The Morgan fingerprint density at radius 3 is 2.44 bits per heavy atom. The van der Waals surface area contributed by atoms with Crippen molar-refractivity contribution in [2.24, 2.45) is 0 Å². The average molecular weight is 494 g/mol. The highest BCUT2D eigenvalue weighted by Gasteiger charge is 2.17. The highest BCUT2D eigenvalue weighted by atomic mass is 35.5. The Bertz CT molecular complexity index is 1390. The van der Waals surface area contributed by atoms with E-state index in [1.165, 1.54) is 34.0 Å². The van der Waals surface area contributed by atoms with Crippen LogP contribution in [-0.2, 0) is 11.2 Å². The molecule has 0 fully saturated rings. The van der Waals surface area contributed by atoms with Gasteiger partial charge in [0.05, 0.1) is 5.75 Å². The number of hydrogen-bond acceptors (Lipinski definition) is 5. The van der Waals surface area contributed by atoms with Crippen molar-refractivity contribution in [2.75, 3.05) is 11.1 Å². The number of aromatic nitrogens is 4. The number of halogens is 1. The minimum Gasteiger partial charge on any atom is -0.325 e. The summed E-state index contributed by atoms with van der Waals surface area (Å²) in [6.45, 7) is 12.4. The van der Waals surface area contributed by atoms with Gasteiger partial charge in [0.2, 0.25) is 11.1 Å². The number of aryl methyl sites for hydroxylation is 5. The molecule has 176 valence electrons. The Hall–Kier alpha value is -2.90. The van der Waals surface area contributed by atoms with E-state index in [0.29, 0.717) is 21.6 Å². The normalized spacial score (nSPS) is 11.3. The lowest BCUT2D eigenvalue weighted by Crippen LogP contribution is -2.15. The molecule has 4 rings (SSSR count). The smallest absolute Gasteiger partial charge is 0.253 e. The van der Waals surface area contributed by atoms with Gasteiger partial charge >= 0.3 is 0 Å². The minimum absolute atomic E-state index is 0.138. The number of anilines is 1. The largest absolute Gasteiger partial charge is 0.325 e. The van der Waals surface area contributed by atoms with Crippen molar-refractivity contribution in [1.82, 2.24) is 19.6 Å². The van der Waals surface area contributed by atoms with Gasteiger partial charge in [-0.2, -0.15) is 4.98 Å². The zero-order chi connectivity index (χ0) is 24.6. The van der Waals surface area contributed by atoms with E-state index in [-0.39, 0.29) is 11.7 Å². The Labute approximate surface area is 209 Å². The molecule has 0 bridgehead atoms. The van der Waals surface area contributed by atoms with Crippen LogP contribution in [0.2, 0.25) is 5.02 Å². The molecule has 0 aliphatic heterocycles. The molecular formula is C26H28ClN5OS. The maximum Gasteiger partial charge on any atom is 0.253 e. The number of carbonyl (C=O) groups excluding carboxylic acids is 1. The maximum absolute atomic E-state index is 12.5. The number of rotatable bonds is 6. The zero-order valence-corrected chi connectivity index (χ0v) is 21.9. The SMILES string of the molecule is Cc1cc(C)c(Cc2c(C)nc3nc(SCC(=O)Nc4cccc(Cl)c4C)nn3c2C)c(C)c1. The third-order valence-corrected chi connectivity index (χ3v) is 7.34. The van der Waals surface area contributed by atoms with Gasteiger partial charge in [0.25, 0.3) is 5.78 Å². The summed E-state index contributed by atoms with van der Waals surface area (Å²) in [5, 5.41) is 8.68. The van der Waals surface area contributed by atoms with Gasteiger partial charge in [0, 0.05) is 28.5 Å². The van der Waals surface area contributed by atoms with Gasteiger partial charge in [-0.3, -0.25) is 4.79 Å². The molecule has 2 aromatic heterocycles. The number of thioether (sulfide) groups is 1. The van der Waals surface area contributed by atoms with Crippen LogP contribution in [0.3, 0.4) is 0 Å². The van der Waals surface area contributed by atoms with E-state index in [2.05, 4.69) is 48.3 Å². The molecular weight excluding hydrogens is 466 g/mol. The molecule has 34 heavy (non-hydrogen) atoms. The zero-order valence-electron chi connectivity index (χ0n) is 20.3. The highest BCUT2D eigenvalue weighted by Crippen LogP contribution is 2.26. The molecule has 0 saturated carbocycles. The summed E-state index contributed by atoms with van der Waals surface area (Å²) in [5.41, 5.74) is 9.82. The Kier molecular flexibility index (Phi) is 6.96. The fourth-order valence-corrected chi connectivity index (χ4v) is 5.02. The summed E-state index contributed by atoms with van der Waals surface area (Å²) in [5.74, 6) is 0.598. The van der Waals surface area contributed by atoms with Crippen molar-refractivity contribution in [3.63, 3.8) is 0 Å². The third-order valence-electron chi connectivity index (χ3n) is 6.10. The first-order valence-corrected chi connectivity index (χ1v) is 12.5. The third kappa shape index (κ3) is 4.95. The molecule has 0 spiro atoms. The van der Waals surface area contributed by atoms with Crippen molar-refractivity contribution >= 4 is 40.7 Å². The Balaban J connectivity index is 1.53. The van der Waals surface area contributed by atoms with E-state index >= 15 is 0 Å². The number of nitrogens with zero attached hydrogens (tertiary/aromatic N) is 4. The lowest BCUT2D eigenvalue weighted by Gasteiger charge is -2.15. The van der Waals surface area contributed by atoms with Gasteiger partial charge in [-0.05, 0) is 81.5 Å². The number of benzene rings is 2. The Morgan fingerprint density at radius 2 is 1.74 bits per heavy atom. The van der Waals surface area contributed by atoms with Crippen LogP contribution in [0.4, 0.5) is 5.69 Å². The summed E-state index contributed by atoms with van der Waals surface area (Å²) in [6.07, 6.45) is 0.794. The molecule has 0 radical (unpaired) electrons. The molecule has 0 unspecified atom stereocenters. The standard InChI is InChI=1S/C26H28ClN5OS/c1-14-10-15(2)20(16(3)11-14)12-21-18(5)28-25-30-26(31-32(25)19(21)6)34-13-24(33)29-23-9-7-8-22(27)17(23)4/h7-11H,12-13H2,1-6H3,(H,29,33). The number of fused-ring (bicyclic) bond motifs is 1. The molecule has 1 amide bonds. The maximum atomic E-state index is 12.5. The minimum atomic E-state index is -0.138. The van der Waals surface area contributed by atoms with Gasteiger partial charge < -0.3 is 5.32 Å². The number of amides is 1. The van der Waals surface area contributed by atoms with Gasteiger partial charge in [0.15, 0.2) is 0 Å². The summed E-state index contributed by atoms with van der Waals surface area (Å²) >= 11 is 7.43. The van der Waals surface area contributed by atoms with Crippen LogP contribution in [0.5, 0.6) is 0 Å². The first-order chi connectivity index (χ1) is 16.1. The second kappa shape index (κ2) is 9.76. The van der Waals surface area contributed by atoms with E-state index in [4.69, 9.17) is 16.6 Å². The van der Waals surface area contributed by atoms with E-state index in [1.807, 2.05) is 32.9 Å². The van der Waals surface area contributed by atoms with Crippen LogP contribution in [-0.4, -0.2) is 31.2 Å². The van der Waals surface area contributed by atoms with E-state index < -0.39 is 0 Å². The highest BCUT2D eigenvalue weighted by molar-refractivity contribution is 7.99. The van der Waals surface area contributed by atoms with Gasteiger partial charge in [-0.25, -0.2) is 9.50 Å². The Morgan fingerprint density at radius 1 is 1.03 bits per heavy atom. The lowest BCUT2D eigenvalue weighted by atomic mass is 9.93. The van der Waals surface area contributed by atoms with Crippen LogP contribution in [0.1, 0.15) is 44.8 Å². The fourth-order valence-electron chi connectivity index (χ4n) is 4.23. The van der Waals surface area contributed by atoms with Crippen molar-refractivity contribution in [1.29, 1.82) is 0 Å². The second-order valence-corrected chi connectivity index (χ2v) is 10.0. The van der Waals surface area contributed by atoms with Gasteiger partial charge in [-0.15, -0.1) is 5.10 Å². The fraction of sp³-hybridized carbons (Fsp3) is 0.308. The van der Waals surface area contributed by atoms with Crippen LogP contribution < -0.4 is 5.32 Å². The van der Waals surface area contributed by atoms with Crippen LogP contribution in [0, 0.1) is 41.5 Å². The van der Waals surface area contributed by atoms with Gasteiger partial charge in [0.1, 0.15) is 0 Å². The van der Waals surface area contributed by atoms with E-state index in [1.54, 1.807) is 10.6 Å². The van der Waals surface area contributed by atoms with Gasteiger partial charge in [-0.1, -0.05) is 47.1 Å².